The summed E-state index contributed by atoms with van der Waals surface area (Å²) in [6.07, 6.45) is 0. The molecule has 0 unspecified atom stereocenters. The maximum absolute atomic E-state index is 14.0. The molecule has 0 amide bonds. The van der Waals surface area contributed by atoms with Crippen molar-refractivity contribution in [2.45, 2.75) is 32.8 Å². The number of benzene rings is 1. The van der Waals surface area contributed by atoms with Gasteiger partial charge in [-0.3, -0.25) is 0 Å². The van der Waals surface area contributed by atoms with E-state index in [1.165, 1.54) is 13.2 Å². The van der Waals surface area contributed by atoms with E-state index >= 15 is 0 Å². The van der Waals surface area contributed by atoms with Crippen molar-refractivity contribution in [2.75, 3.05) is 50.2 Å². The van der Waals surface area contributed by atoms with Crippen LogP contribution in [0.25, 0.3) is 0 Å². The molecule has 2 aromatic rings. The molecule has 1 aliphatic rings. The zero-order valence-corrected chi connectivity index (χ0v) is 17.3. The predicted octanol–water partition coefficient (Wildman–Crippen LogP) is 3.39. The van der Waals surface area contributed by atoms with E-state index < -0.39 is 0 Å². The quantitative estimate of drug-likeness (QED) is 0.783. The average Bonchev–Trinajstić information content (AvgIpc) is 2.67. The van der Waals surface area contributed by atoms with Crippen molar-refractivity contribution < 1.29 is 13.9 Å². The number of methoxy groups -OCH3 is 2. The number of piperazine rings is 1. The van der Waals surface area contributed by atoms with Crippen molar-refractivity contribution in [3.05, 3.63) is 41.6 Å². The van der Waals surface area contributed by atoms with Crippen LogP contribution in [-0.4, -0.2) is 50.4 Å². The Morgan fingerprint density at radius 2 is 1.68 bits per heavy atom. The average molecular weight is 388 g/mol. The van der Waals surface area contributed by atoms with Gasteiger partial charge >= 0.3 is 0 Å². The summed E-state index contributed by atoms with van der Waals surface area (Å²) in [5.41, 5.74) is 1.62. The van der Waals surface area contributed by atoms with Crippen molar-refractivity contribution in [2.24, 2.45) is 0 Å². The maximum atomic E-state index is 14.0. The summed E-state index contributed by atoms with van der Waals surface area (Å²) in [6, 6.07) is 7.11. The summed E-state index contributed by atoms with van der Waals surface area (Å²) in [6.45, 7) is 9.99. The highest BCUT2D eigenvalue weighted by Gasteiger charge is 2.23. The molecule has 3 rings (SSSR count). The molecule has 6 nitrogen and oxygen atoms in total. The highest BCUT2D eigenvalue weighted by atomic mass is 19.1. The standard InChI is InChI=1S/C21H29FN4O2/c1-21(2,3)20-23-15(14-27-4)12-19(24-20)26-10-8-25(9-11-26)16-6-7-18(28-5)17(22)13-16/h6-7,12-13H,8-11,14H2,1-5H3. The number of nitrogens with zero attached hydrogens (tertiary/aromatic N) is 4. The molecular formula is C21H29FN4O2. The topological polar surface area (TPSA) is 50.7 Å². The minimum Gasteiger partial charge on any atom is -0.494 e. The van der Waals surface area contributed by atoms with Gasteiger partial charge in [0.05, 0.1) is 19.4 Å². The summed E-state index contributed by atoms with van der Waals surface area (Å²) in [4.78, 5) is 13.9. The van der Waals surface area contributed by atoms with E-state index in [0.29, 0.717) is 6.61 Å². The van der Waals surface area contributed by atoms with Gasteiger partial charge in [0, 0.05) is 56.5 Å². The van der Waals surface area contributed by atoms with Crippen LogP contribution in [0, 0.1) is 5.82 Å². The molecule has 0 bridgehead atoms. The highest BCUT2D eigenvalue weighted by molar-refractivity contribution is 5.52. The number of ether oxygens (including phenoxy) is 2. The lowest BCUT2D eigenvalue weighted by molar-refractivity contribution is 0.181. The zero-order chi connectivity index (χ0) is 20.3. The van der Waals surface area contributed by atoms with Crippen LogP contribution in [0.1, 0.15) is 32.3 Å². The van der Waals surface area contributed by atoms with E-state index in [1.54, 1.807) is 13.2 Å². The van der Waals surface area contributed by atoms with Crippen LogP contribution in [0.3, 0.4) is 0 Å². The Morgan fingerprint density at radius 1 is 1.00 bits per heavy atom. The fourth-order valence-electron chi connectivity index (χ4n) is 3.25. The summed E-state index contributed by atoms with van der Waals surface area (Å²) in [5.74, 6) is 1.67. The van der Waals surface area contributed by atoms with Gasteiger partial charge in [0.2, 0.25) is 0 Å². The molecule has 152 valence electrons. The number of anilines is 2. The van der Waals surface area contributed by atoms with Crippen molar-refractivity contribution in [3.8, 4) is 5.75 Å². The number of hydrogen-bond acceptors (Lipinski definition) is 6. The molecule has 0 atom stereocenters. The first-order chi connectivity index (χ1) is 13.3. The molecule has 2 heterocycles. The van der Waals surface area contributed by atoms with Crippen LogP contribution in [0.5, 0.6) is 5.75 Å². The lowest BCUT2D eigenvalue weighted by Gasteiger charge is -2.37. The molecule has 28 heavy (non-hydrogen) atoms. The van der Waals surface area contributed by atoms with E-state index in [9.17, 15) is 4.39 Å². The molecule has 0 aliphatic carbocycles. The van der Waals surface area contributed by atoms with Gasteiger partial charge in [-0.2, -0.15) is 0 Å². The van der Waals surface area contributed by atoms with E-state index in [-0.39, 0.29) is 17.0 Å². The molecule has 1 aromatic heterocycles. The fourth-order valence-corrected chi connectivity index (χ4v) is 3.25. The van der Waals surface area contributed by atoms with Crippen LogP contribution < -0.4 is 14.5 Å². The third-order valence-corrected chi connectivity index (χ3v) is 4.83. The van der Waals surface area contributed by atoms with Crippen LogP contribution in [0.2, 0.25) is 0 Å². The molecule has 0 saturated carbocycles. The molecule has 0 spiro atoms. The van der Waals surface area contributed by atoms with Crippen molar-refractivity contribution >= 4 is 11.5 Å². The van der Waals surface area contributed by atoms with Crippen molar-refractivity contribution in [3.63, 3.8) is 0 Å². The number of rotatable bonds is 5. The normalized spacial score (nSPS) is 15.1. The third-order valence-electron chi connectivity index (χ3n) is 4.83. The summed E-state index contributed by atoms with van der Waals surface area (Å²) in [7, 11) is 3.15. The second-order valence-electron chi connectivity index (χ2n) is 8.02. The SMILES string of the molecule is COCc1cc(N2CCN(c3ccc(OC)c(F)c3)CC2)nc(C(C)(C)C)n1. The van der Waals surface area contributed by atoms with Crippen molar-refractivity contribution in [1.29, 1.82) is 0 Å². The largest absolute Gasteiger partial charge is 0.494 e. The van der Waals surface area contributed by atoms with Gasteiger partial charge in [0.15, 0.2) is 11.6 Å². The van der Waals surface area contributed by atoms with E-state index in [4.69, 9.17) is 14.5 Å². The fraction of sp³-hybridized carbons (Fsp3) is 0.524. The second kappa shape index (κ2) is 8.31. The zero-order valence-electron chi connectivity index (χ0n) is 17.3. The molecule has 1 aliphatic heterocycles. The van der Waals surface area contributed by atoms with Gasteiger partial charge in [-0.15, -0.1) is 0 Å². The predicted molar refractivity (Wildman–Crippen MR) is 109 cm³/mol. The molecule has 1 saturated heterocycles. The van der Waals surface area contributed by atoms with Crippen LogP contribution in [0.15, 0.2) is 24.3 Å². The second-order valence-corrected chi connectivity index (χ2v) is 8.02. The molecule has 7 heteroatoms. The third kappa shape index (κ3) is 4.52. The van der Waals surface area contributed by atoms with Crippen LogP contribution in [0.4, 0.5) is 15.9 Å². The Hall–Kier alpha value is -2.41. The molecule has 1 aromatic carbocycles. The van der Waals surface area contributed by atoms with Crippen LogP contribution in [-0.2, 0) is 16.8 Å². The Kier molecular flexibility index (Phi) is 6.03. The molecule has 1 fully saturated rings. The van der Waals surface area contributed by atoms with Gasteiger partial charge < -0.3 is 19.3 Å². The Labute approximate surface area is 166 Å². The van der Waals surface area contributed by atoms with Gasteiger partial charge in [-0.25, -0.2) is 14.4 Å². The smallest absolute Gasteiger partial charge is 0.167 e. The Balaban J connectivity index is 1.75. The first kappa shape index (κ1) is 20.3. The van der Waals surface area contributed by atoms with Gasteiger partial charge in [-0.1, -0.05) is 20.8 Å². The number of hydrogen-bond donors (Lipinski definition) is 0. The highest BCUT2D eigenvalue weighted by Crippen LogP contribution is 2.26. The minimum atomic E-state index is -0.336. The molecule has 0 N–H and O–H groups in total. The van der Waals surface area contributed by atoms with E-state index in [0.717, 1.165) is 49.2 Å². The Morgan fingerprint density at radius 3 is 2.25 bits per heavy atom. The van der Waals surface area contributed by atoms with Gasteiger partial charge in [-0.05, 0) is 12.1 Å². The number of halogens is 1. The van der Waals surface area contributed by atoms with E-state index in [1.807, 2.05) is 12.1 Å². The molecule has 0 radical (unpaired) electrons. The first-order valence-corrected chi connectivity index (χ1v) is 9.52. The molecular weight excluding hydrogens is 359 g/mol. The van der Waals surface area contributed by atoms with Gasteiger partial charge in [0.25, 0.3) is 0 Å². The Bertz CT molecular complexity index is 815. The lowest BCUT2D eigenvalue weighted by Crippen LogP contribution is -2.47. The first-order valence-electron chi connectivity index (χ1n) is 9.52. The van der Waals surface area contributed by atoms with Crippen molar-refractivity contribution in [1.82, 2.24) is 9.97 Å². The van der Waals surface area contributed by atoms with Crippen LogP contribution >= 0.6 is 0 Å². The lowest BCUT2D eigenvalue weighted by atomic mass is 9.95. The van der Waals surface area contributed by atoms with E-state index in [2.05, 4.69) is 35.6 Å². The summed E-state index contributed by atoms with van der Waals surface area (Å²) >= 11 is 0. The van der Waals surface area contributed by atoms with Gasteiger partial charge in [0.1, 0.15) is 11.6 Å². The number of aromatic nitrogens is 2. The minimum absolute atomic E-state index is 0.138. The maximum Gasteiger partial charge on any atom is 0.167 e. The summed E-state index contributed by atoms with van der Waals surface area (Å²) in [5, 5.41) is 0. The summed E-state index contributed by atoms with van der Waals surface area (Å²) < 4.78 is 24.3. The monoisotopic (exact) mass is 388 g/mol.